The molecule has 0 fully saturated rings. The summed E-state index contributed by atoms with van der Waals surface area (Å²) < 4.78 is 5.22. The molecule has 0 bridgehead atoms. The highest BCUT2D eigenvalue weighted by Crippen LogP contribution is 2.38. The van der Waals surface area contributed by atoms with E-state index in [1.165, 1.54) is 24.5 Å². The third-order valence-electron chi connectivity index (χ3n) is 4.44. The topological polar surface area (TPSA) is 143 Å². The van der Waals surface area contributed by atoms with Crippen LogP contribution in [0, 0.1) is 10.1 Å². The number of aromatic hydroxyl groups is 1. The van der Waals surface area contributed by atoms with Gasteiger partial charge < -0.3 is 9.84 Å². The Balaban J connectivity index is 1.75. The lowest BCUT2D eigenvalue weighted by atomic mass is 9.95. The number of nitrogens with one attached hydrogen (secondary N) is 2. The monoisotopic (exact) mass is 496 g/mol. The number of hydrogen-bond donors (Lipinski definition) is 3. The number of nitrogens with zero attached hydrogens (tertiary/aromatic N) is 2. The maximum absolute atomic E-state index is 12.2. The summed E-state index contributed by atoms with van der Waals surface area (Å²) in [5, 5.41) is 27.6. The van der Waals surface area contributed by atoms with Gasteiger partial charge >= 0.3 is 17.7 Å². The van der Waals surface area contributed by atoms with Gasteiger partial charge in [-0.05, 0) is 37.3 Å². The van der Waals surface area contributed by atoms with Gasteiger partial charge in [0.1, 0.15) is 5.00 Å². The van der Waals surface area contributed by atoms with E-state index < -0.39 is 28.4 Å². The number of anilines is 1. The summed E-state index contributed by atoms with van der Waals surface area (Å²) >= 11 is 4.44. The summed E-state index contributed by atoms with van der Waals surface area (Å²) in [5.74, 6) is -1.09. The number of urea groups is 1. The third-order valence-corrected chi connectivity index (χ3v) is 6.10. The minimum absolute atomic E-state index is 0.0400. The van der Waals surface area contributed by atoms with Gasteiger partial charge in [0.25, 0.3) is 0 Å². The van der Waals surface area contributed by atoms with Crippen molar-refractivity contribution >= 4 is 56.2 Å². The zero-order valence-electron chi connectivity index (χ0n) is 15.7. The third kappa shape index (κ3) is 4.60. The highest BCUT2D eigenvalue weighted by Gasteiger charge is 2.27. The van der Waals surface area contributed by atoms with Gasteiger partial charge in [0.2, 0.25) is 5.75 Å². The van der Waals surface area contributed by atoms with Crippen LogP contribution in [-0.4, -0.2) is 35.4 Å². The summed E-state index contributed by atoms with van der Waals surface area (Å²) in [7, 11) is 1.28. The van der Waals surface area contributed by atoms with Crippen molar-refractivity contribution in [2.75, 3.05) is 12.4 Å². The standard InChI is InChI=1S/C18H17BrN4O6S/c1-29-17(25)14-11-4-2-3-5-13(11)30-16(14)21-18(26)22-20-8-9-6-10(19)7-12(15(9)24)23(27)28/h6-8,24H,2-5H2,1H3,(H2,21,22,26)/b20-8+. The van der Waals surface area contributed by atoms with Gasteiger partial charge in [-0.3, -0.25) is 15.4 Å². The molecule has 0 radical (unpaired) electrons. The fraction of sp³-hybridized carbons (Fsp3) is 0.278. The molecule has 0 spiro atoms. The van der Waals surface area contributed by atoms with Crippen molar-refractivity contribution in [2.24, 2.45) is 5.10 Å². The molecule has 30 heavy (non-hydrogen) atoms. The normalized spacial score (nSPS) is 13.0. The number of fused-ring (bicyclic) bond motifs is 1. The molecule has 1 aliphatic rings. The Labute approximate surface area is 183 Å². The minimum Gasteiger partial charge on any atom is -0.502 e. The summed E-state index contributed by atoms with van der Waals surface area (Å²) in [6, 6.07) is 1.85. The molecule has 12 heteroatoms. The SMILES string of the molecule is COC(=O)c1c(NC(=O)N/N=C/c2cc(Br)cc([N+](=O)[O-])c2O)sc2c1CCCC2. The van der Waals surface area contributed by atoms with Crippen molar-refractivity contribution in [3.63, 3.8) is 0 Å². The van der Waals surface area contributed by atoms with Crippen LogP contribution in [0.1, 0.15) is 39.2 Å². The predicted octanol–water partition coefficient (Wildman–Crippen LogP) is 3.95. The number of thiophene rings is 1. The number of halogens is 1. The Morgan fingerprint density at radius 1 is 1.37 bits per heavy atom. The van der Waals surface area contributed by atoms with Gasteiger partial charge in [0.05, 0.1) is 23.8 Å². The van der Waals surface area contributed by atoms with E-state index in [9.17, 15) is 24.8 Å². The van der Waals surface area contributed by atoms with Crippen molar-refractivity contribution < 1.29 is 24.4 Å². The van der Waals surface area contributed by atoms with Crippen molar-refractivity contribution in [3.8, 4) is 5.75 Å². The summed E-state index contributed by atoms with van der Waals surface area (Å²) in [5.41, 5.74) is 3.02. The Morgan fingerprint density at radius 2 is 2.10 bits per heavy atom. The second-order valence-corrected chi connectivity index (χ2v) is 8.37. The van der Waals surface area contributed by atoms with E-state index in [1.54, 1.807) is 0 Å². The lowest BCUT2D eigenvalue weighted by molar-refractivity contribution is -0.385. The maximum Gasteiger partial charge on any atom is 0.341 e. The Morgan fingerprint density at radius 3 is 2.80 bits per heavy atom. The van der Waals surface area contributed by atoms with Crippen molar-refractivity contribution in [1.29, 1.82) is 0 Å². The van der Waals surface area contributed by atoms with E-state index in [1.807, 2.05) is 0 Å². The molecule has 0 saturated heterocycles. The quantitative estimate of drug-likeness (QED) is 0.247. The average molecular weight is 497 g/mol. The van der Waals surface area contributed by atoms with Crippen molar-refractivity contribution in [1.82, 2.24) is 5.43 Å². The van der Waals surface area contributed by atoms with Gasteiger partial charge in [-0.15, -0.1) is 11.3 Å². The molecule has 0 aliphatic heterocycles. The van der Waals surface area contributed by atoms with Gasteiger partial charge in [-0.1, -0.05) is 15.9 Å². The van der Waals surface area contributed by atoms with Crippen LogP contribution in [0.15, 0.2) is 21.7 Å². The van der Waals surface area contributed by atoms with E-state index in [-0.39, 0.29) is 5.56 Å². The van der Waals surface area contributed by atoms with Gasteiger partial charge in [-0.25, -0.2) is 15.0 Å². The Kier molecular flexibility index (Phi) is 6.67. The minimum atomic E-state index is -0.732. The molecule has 2 amide bonds. The van der Waals surface area contributed by atoms with Crippen LogP contribution in [0.3, 0.4) is 0 Å². The summed E-state index contributed by atoms with van der Waals surface area (Å²) in [6.07, 6.45) is 4.65. The second-order valence-electron chi connectivity index (χ2n) is 6.35. The number of rotatable bonds is 5. The van der Waals surface area contributed by atoms with Crippen LogP contribution in [0.5, 0.6) is 5.75 Å². The molecule has 3 rings (SSSR count). The average Bonchev–Trinajstić information content (AvgIpc) is 3.07. The number of carbonyl (C=O) groups excluding carboxylic acids is 2. The largest absolute Gasteiger partial charge is 0.502 e. The number of esters is 1. The van der Waals surface area contributed by atoms with E-state index in [4.69, 9.17) is 4.74 Å². The van der Waals surface area contributed by atoms with E-state index >= 15 is 0 Å². The number of methoxy groups -OCH3 is 1. The van der Waals surface area contributed by atoms with Crippen LogP contribution in [-0.2, 0) is 17.6 Å². The molecule has 0 atom stereocenters. The molecule has 10 nitrogen and oxygen atoms in total. The molecule has 1 aromatic carbocycles. The maximum atomic E-state index is 12.2. The number of amides is 2. The number of aryl methyl sites for hydroxylation is 1. The number of nitro groups is 1. The number of benzene rings is 1. The molecule has 1 heterocycles. The molecule has 0 unspecified atom stereocenters. The van der Waals surface area contributed by atoms with Gasteiger partial charge in [0, 0.05) is 21.0 Å². The van der Waals surface area contributed by atoms with Crippen LogP contribution in [0.4, 0.5) is 15.5 Å². The molecular weight excluding hydrogens is 480 g/mol. The number of hydrogen-bond acceptors (Lipinski definition) is 8. The molecule has 2 aromatic rings. The first-order valence-corrected chi connectivity index (χ1v) is 10.4. The fourth-order valence-electron chi connectivity index (χ4n) is 3.11. The second kappa shape index (κ2) is 9.22. The number of phenols is 1. The fourth-order valence-corrected chi connectivity index (χ4v) is 4.84. The predicted molar refractivity (Wildman–Crippen MR) is 115 cm³/mol. The number of nitro benzene ring substituents is 1. The molecule has 0 saturated carbocycles. The molecule has 1 aliphatic carbocycles. The number of hydrazone groups is 1. The van der Waals surface area contributed by atoms with Crippen molar-refractivity contribution in [3.05, 3.63) is 48.3 Å². The van der Waals surface area contributed by atoms with Crippen LogP contribution < -0.4 is 10.7 Å². The zero-order chi connectivity index (χ0) is 21.8. The first kappa shape index (κ1) is 21.7. The number of ether oxygens (including phenoxy) is 1. The van der Waals surface area contributed by atoms with Gasteiger partial charge in [0.15, 0.2) is 0 Å². The highest BCUT2D eigenvalue weighted by atomic mass is 79.9. The lowest BCUT2D eigenvalue weighted by Gasteiger charge is -2.11. The molecule has 1 aromatic heterocycles. The smallest absolute Gasteiger partial charge is 0.341 e. The van der Waals surface area contributed by atoms with Crippen LogP contribution in [0.2, 0.25) is 0 Å². The molecule has 3 N–H and O–H groups in total. The lowest BCUT2D eigenvalue weighted by Crippen LogP contribution is -2.25. The summed E-state index contributed by atoms with van der Waals surface area (Å²) in [6.45, 7) is 0. The molecule has 158 valence electrons. The van der Waals surface area contributed by atoms with Crippen LogP contribution >= 0.6 is 27.3 Å². The first-order valence-electron chi connectivity index (χ1n) is 8.81. The highest BCUT2D eigenvalue weighted by molar-refractivity contribution is 9.10. The van der Waals surface area contributed by atoms with Gasteiger partial charge in [-0.2, -0.15) is 5.10 Å². The van der Waals surface area contributed by atoms with E-state index in [0.29, 0.717) is 15.0 Å². The van der Waals surface area contributed by atoms with Crippen LogP contribution in [0.25, 0.3) is 0 Å². The van der Waals surface area contributed by atoms with E-state index in [0.717, 1.165) is 48.4 Å². The molecular formula is C18H17BrN4O6S. The zero-order valence-corrected chi connectivity index (χ0v) is 18.1. The Hall–Kier alpha value is -2.99. The van der Waals surface area contributed by atoms with Crippen molar-refractivity contribution in [2.45, 2.75) is 25.7 Å². The number of carbonyl (C=O) groups is 2. The first-order chi connectivity index (χ1) is 14.3. The Bertz CT molecular complexity index is 1050. The summed E-state index contributed by atoms with van der Waals surface area (Å²) in [4.78, 5) is 35.7. The number of phenolic OH excluding ortho intramolecular Hbond substituents is 1. The van der Waals surface area contributed by atoms with E-state index in [2.05, 4.69) is 31.8 Å².